The third kappa shape index (κ3) is 3.62. The maximum Gasteiger partial charge on any atom is 0.433 e. The first-order valence-electron chi connectivity index (χ1n) is 8.25. The molecule has 5 nitrogen and oxygen atoms in total. The highest BCUT2D eigenvalue weighted by Crippen LogP contribution is 2.32. The number of hydrogen-bond acceptors (Lipinski definition) is 4. The Morgan fingerprint density at radius 1 is 1.17 bits per heavy atom. The van der Waals surface area contributed by atoms with Gasteiger partial charge in [0.1, 0.15) is 5.69 Å². The van der Waals surface area contributed by atoms with E-state index in [0.717, 1.165) is 18.9 Å². The average Bonchev–Trinajstić information content (AvgIpc) is 3.38. The van der Waals surface area contributed by atoms with Crippen molar-refractivity contribution in [3.05, 3.63) is 17.5 Å². The zero-order valence-corrected chi connectivity index (χ0v) is 13.8. The standard InChI is InChI=1S/C16H21F3N4O/c1-10(2)12-9-13(16(17,18)19)21-15(20-12)23-7-5-22(6-8-23)14(24)11-3-4-11/h9-11H,3-8H2,1-2H3. The Hall–Kier alpha value is -1.86. The molecular formula is C16H21F3N4O. The summed E-state index contributed by atoms with van der Waals surface area (Å²) in [5, 5.41) is 0. The zero-order valence-electron chi connectivity index (χ0n) is 13.8. The fraction of sp³-hybridized carbons (Fsp3) is 0.688. The summed E-state index contributed by atoms with van der Waals surface area (Å²) in [6.45, 7) is 5.53. The van der Waals surface area contributed by atoms with Gasteiger partial charge in [-0.15, -0.1) is 0 Å². The molecule has 0 atom stereocenters. The van der Waals surface area contributed by atoms with Crippen LogP contribution in [-0.4, -0.2) is 47.0 Å². The molecule has 1 aromatic heterocycles. The minimum Gasteiger partial charge on any atom is -0.339 e. The Labute approximate surface area is 138 Å². The Bertz CT molecular complexity index is 620. The molecule has 0 spiro atoms. The van der Waals surface area contributed by atoms with E-state index in [1.54, 1.807) is 23.6 Å². The van der Waals surface area contributed by atoms with E-state index in [4.69, 9.17) is 0 Å². The number of piperazine rings is 1. The van der Waals surface area contributed by atoms with Gasteiger partial charge in [0.05, 0.1) is 0 Å². The van der Waals surface area contributed by atoms with Gasteiger partial charge in [-0.25, -0.2) is 9.97 Å². The van der Waals surface area contributed by atoms with Gasteiger partial charge < -0.3 is 9.80 Å². The van der Waals surface area contributed by atoms with E-state index in [1.165, 1.54) is 0 Å². The molecule has 0 N–H and O–H groups in total. The van der Waals surface area contributed by atoms with Crippen LogP contribution in [0, 0.1) is 5.92 Å². The van der Waals surface area contributed by atoms with Gasteiger partial charge in [-0.2, -0.15) is 13.2 Å². The highest BCUT2D eigenvalue weighted by Gasteiger charge is 2.36. The van der Waals surface area contributed by atoms with Crippen LogP contribution in [0.15, 0.2) is 6.07 Å². The van der Waals surface area contributed by atoms with Crippen LogP contribution >= 0.6 is 0 Å². The lowest BCUT2D eigenvalue weighted by Crippen LogP contribution is -2.49. The van der Waals surface area contributed by atoms with Crippen molar-refractivity contribution in [3.8, 4) is 0 Å². The molecule has 132 valence electrons. The largest absolute Gasteiger partial charge is 0.433 e. The summed E-state index contributed by atoms with van der Waals surface area (Å²) < 4.78 is 39.2. The van der Waals surface area contributed by atoms with Crippen molar-refractivity contribution < 1.29 is 18.0 Å². The van der Waals surface area contributed by atoms with Gasteiger partial charge in [0.15, 0.2) is 0 Å². The fourth-order valence-corrected chi connectivity index (χ4v) is 2.75. The number of anilines is 1. The molecule has 1 aliphatic carbocycles. The van der Waals surface area contributed by atoms with Gasteiger partial charge in [-0.3, -0.25) is 4.79 Å². The quantitative estimate of drug-likeness (QED) is 0.847. The summed E-state index contributed by atoms with van der Waals surface area (Å²) in [4.78, 5) is 23.6. The molecule has 1 aromatic rings. The number of rotatable bonds is 3. The first-order chi connectivity index (χ1) is 11.3. The van der Waals surface area contributed by atoms with Crippen LogP contribution in [0.5, 0.6) is 0 Å². The Kier molecular flexibility index (Phi) is 4.40. The molecule has 1 saturated heterocycles. The van der Waals surface area contributed by atoms with Crippen molar-refractivity contribution in [2.75, 3.05) is 31.1 Å². The van der Waals surface area contributed by atoms with Crippen LogP contribution < -0.4 is 4.90 Å². The molecule has 1 saturated carbocycles. The van der Waals surface area contributed by atoms with Gasteiger partial charge in [0.25, 0.3) is 0 Å². The number of amides is 1. The summed E-state index contributed by atoms with van der Waals surface area (Å²) in [5.74, 6) is 0.314. The van der Waals surface area contributed by atoms with Gasteiger partial charge in [0, 0.05) is 37.8 Å². The van der Waals surface area contributed by atoms with E-state index in [-0.39, 0.29) is 23.7 Å². The predicted molar refractivity (Wildman–Crippen MR) is 82.6 cm³/mol. The van der Waals surface area contributed by atoms with Crippen LogP contribution in [0.2, 0.25) is 0 Å². The monoisotopic (exact) mass is 342 g/mol. The normalized spacial score (nSPS) is 19.1. The van der Waals surface area contributed by atoms with E-state index in [1.807, 2.05) is 0 Å². The Morgan fingerprint density at radius 2 is 1.79 bits per heavy atom. The second-order valence-corrected chi connectivity index (χ2v) is 6.72. The van der Waals surface area contributed by atoms with E-state index >= 15 is 0 Å². The SMILES string of the molecule is CC(C)c1cc(C(F)(F)F)nc(N2CCN(C(=O)C3CC3)CC2)n1. The molecule has 24 heavy (non-hydrogen) atoms. The zero-order chi connectivity index (χ0) is 17.5. The molecule has 2 aliphatic rings. The number of hydrogen-bond donors (Lipinski definition) is 0. The molecule has 2 heterocycles. The van der Waals surface area contributed by atoms with Crippen molar-refractivity contribution in [2.45, 2.75) is 38.8 Å². The fourth-order valence-electron chi connectivity index (χ4n) is 2.75. The average molecular weight is 342 g/mol. The third-order valence-electron chi connectivity index (χ3n) is 4.42. The van der Waals surface area contributed by atoms with Crippen LogP contribution in [0.25, 0.3) is 0 Å². The lowest BCUT2D eigenvalue weighted by Gasteiger charge is -2.35. The van der Waals surface area contributed by atoms with E-state index < -0.39 is 11.9 Å². The Balaban J connectivity index is 1.76. The van der Waals surface area contributed by atoms with Crippen LogP contribution in [-0.2, 0) is 11.0 Å². The summed E-state index contributed by atoms with van der Waals surface area (Å²) >= 11 is 0. The third-order valence-corrected chi connectivity index (χ3v) is 4.42. The summed E-state index contributed by atoms with van der Waals surface area (Å²) in [5.41, 5.74) is -0.531. The highest BCUT2D eigenvalue weighted by atomic mass is 19.4. The second kappa shape index (κ2) is 6.22. The summed E-state index contributed by atoms with van der Waals surface area (Å²) in [6.07, 6.45) is -2.59. The molecule has 8 heteroatoms. The van der Waals surface area contributed by atoms with Crippen molar-refractivity contribution in [3.63, 3.8) is 0 Å². The molecule has 3 rings (SSSR count). The molecule has 0 bridgehead atoms. The van der Waals surface area contributed by atoms with E-state index in [0.29, 0.717) is 31.9 Å². The topological polar surface area (TPSA) is 49.3 Å². The Morgan fingerprint density at radius 3 is 2.29 bits per heavy atom. The van der Waals surface area contributed by atoms with E-state index in [2.05, 4.69) is 9.97 Å². The molecule has 0 radical (unpaired) electrons. The number of halogens is 3. The van der Waals surface area contributed by atoms with Crippen LogP contribution in [0.3, 0.4) is 0 Å². The number of aromatic nitrogens is 2. The van der Waals surface area contributed by atoms with Crippen LogP contribution in [0.4, 0.5) is 19.1 Å². The van der Waals surface area contributed by atoms with Crippen molar-refractivity contribution in [1.82, 2.24) is 14.9 Å². The lowest BCUT2D eigenvalue weighted by molar-refractivity contribution is -0.141. The maximum absolute atomic E-state index is 13.1. The maximum atomic E-state index is 13.1. The minimum absolute atomic E-state index is 0.104. The highest BCUT2D eigenvalue weighted by molar-refractivity contribution is 5.81. The summed E-state index contributed by atoms with van der Waals surface area (Å²) in [6, 6.07) is 1.01. The van der Waals surface area contributed by atoms with Gasteiger partial charge in [-0.05, 0) is 24.8 Å². The van der Waals surface area contributed by atoms with Crippen molar-refractivity contribution in [2.24, 2.45) is 5.92 Å². The number of carbonyl (C=O) groups excluding carboxylic acids is 1. The molecule has 2 fully saturated rings. The summed E-state index contributed by atoms with van der Waals surface area (Å²) in [7, 11) is 0. The molecule has 1 amide bonds. The number of alkyl halides is 3. The van der Waals surface area contributed by atoms with Gasteiger partial charge in [0.2, 0.25) is 11.9 Å². The second-order valence-electron chi connectivity index (χ2n) is 6.72. The van der Waals surface area contributed by atoms with Gasteiger partial charge in [-0.1, -0.05) is 13.8 Å². The molecule has 0 unspecified atom stereocenters. The van der Waals surface area contributed by atoms with Crippen molar-refractivity contribution in [1.29, 1.82) is 0 Å². The molecule has 1 aliphatic heterocycles. The molecular weight excluding hydrogens is 321 g/mol. The van der Waals surface area contributed by atoms with Crippen molar-refractivity contribution >= 4 is 11.9 Å². The minimum atomic E-state index is -4.49. The van der Waals surface area contributed by atoms with Crippen LogP contribution in [0.1, 0.15) is 44.0 Å². The lowest BCUT2D eigenvalue weighted by atomic mass is 10.1. The first-order valence-corrected chi connectivity index (χ1v) is 8.25. The number of carbonyl (C=O) groups is 1. The predicted octanol–water partition coefficient (Wildman–Crippen LogP) is 2.68. The smallest absolute Gasteiger partial charge is 0.339 e. The van der Waals surface area contributed by atoms with Gasteiger partial charge >= 0.3 is 6.18 Å². The van der Waals surface area contributed by atoms with E-state index in [9.17, 15) is 18.0 Å². The molecule has 0 aromatic carbocycles. The first kappa shape index (κ1) is 17.0. The number of nitrogens with zero attached hydrogens (tertiary/aromatic N) is 4.